The van der Waals surface area contributed by atoms with Gasteiger partial charge in [-0.3, -0.25) is 14.4 Å². The van der Waals surface area contributed by atoms with Crippen LogP contribution in [0.2, 0.25) is 0 Å². The average molecular weight is 454 g/mol. The highest BCUT2D eigenvalue weighted by atomic mass is 16.5. The van der Waals surface area contributed by atoms with Crippen molar-refractivity contribution in [3.8, 4) is 17.2 Å². The number of nitrogens with zero attached hydrogens (tertiary/aromatic N) is 1. The van der Waals surface area contributed by atoms with Crippen LogP contribution in [0.4, 0.5) is 5.69 Å². The maximum Gasteiger partial charge on any atom is 0.329 e. The van der Waals surface area contributed by atoms with Gasteiger partial charge in [0.25, 0.3) is 5.91 Å². The zero-order valence-electron chi connectivity index (χ0n) is 18.4. The predicted octanol–water partition coefficient (Wildman–Crippen LogP) is 1.86. The quantitative estimate of drug-likeness (QED) is 0.206. The minimum atomic E-state index is -0.903. The van der Waals surface area contributed by atoms with Crippen molar-refractivity contribution in [2.75, 3.05) is 32.2 Å². The SMILES string of the molecule is C=CCNC(=O)C(=O)N/N=C\c1ccc(OCC(=O)Nc2cccc(OC)c2)c(OCC)c1. The lowest BCUT2D eigenvalue weighted by molar-refractivity contribution is -0.139. The van der Waals surface area contributed by atoms with Crippen LogP contribution in [-0.4, -0.2) is 50.8 Å². The Hall–Kier alpha value is -4.34. The Morgan fingerprint density at radius 3 is 2.61 bits per heavy atom. The Balaban J connectivity index is 1.96. The van der Waals surface area contributed by atoms with E-state index in [4.69, 9.17) is 14.2 Å². The largest absolute Gasteiger partial charge is 0.497 e. The number of carbonyl (C=O) groups is 3. The number of hydrazone groups is 1. The molecule has 0 aliphatic heterocycles. The van der Waals surface area contributed by atoms with Gasteiger partial charge in [0, 0.05) is 18.3 Å². The van der Waals surface area contributed by atoms with E-state index in [1.165, 1.54) is 12.3 Å². The second-order valence-corrected chi connectivity index (χ2v) is 6.41. The summed E-state index contributed by atoms with van der Waals surface area (Å²) < 4.78 is 16.3. The third-order valence-electron chi connectivity index (χ3n) is 3.97. The van der Waals surface area contributed by atoms with E-state index in [9.17, 15) is 14.4 Å². The lowest BCUT2D eigenvalue weighted by Gasteiger charge is -2.13. The summed E-state index contributed by atoms with van der Waals surface area (Å²) in [7, 11) is 1.54. The number of amides is 3. The summed E-state index contributed by atoms with van der Waals surface area (Å²) in [6, 6.07) is 11.9. The van der Waals surface area contributed by atoms with Crippen molar-refractivity contribution in [2.24, 2.45) is 5.10 Å². The second-order valence-electron chi connectivity index (χ2n) is 6.41. The molecule has 2 aromatic rings. The molecule has 0 aliphatic carbocycles. The van der Waals surface area contributed by atoms with Crippen LogP contribution in [0.1, 0.15) is 12.5 Å². The molecule has 0 radical (unpaired) electrons. The average Bonchev–Trinajstić information content (AvgIpc) is 2.82. The highest BCUT2D eigenvalue weighted by molar-refractivity contribution is 6.35. The fraction of sp³-hybridized carbons (Fsp3) is 0.217. The smallest absolute Gasteiger partial charge is 0.329 e. The van der Waals surface area contributed by atoms with Crippen LogP contribution in [0.25, 0.3) is 0 Å². The molecule has 33 heavy (non-hydrogen) atoms. The Morgan fingerprint density at radius 2 is 1.88 bits per heavy atom. The number of ether oxygens (including phenoxy) is 3. The molecule has 0 saturated heterocycles. The van der Waals surface area contributed by atoms with Crippen LogP contribution >= 0.6 is 0 Å². The molecule has 2 rings (SSSR count). The van der Waals surface area contributed by atoms with E-state index >= 15 is 0 Å². The maximum absolute atomic E-state index is 12.2. The van der Waals surface area contributed by atoms with Gasteiger partial charge in [-0.2, -0.15) is 5.10 Å². The van der Waals surface area contributed by atoms with E-state index in [1.807, 2.05) is 6.92 Å². The van der Waals surface area contributed by atoms with E-state index in [0.29, 0.717) is 35.1 Å². The number of hydrogen-bond acceptors (Lipinski definition) is 7. The summed E-state index contributed by atoms with van der Waals surface area (Å²) in [6.45, 7) is 5.56. The molecule has 0 spiro atoms. The third kappa shape index (κ3) is 8.37. The van der Waals surface area contributed by atoms with Crippen molar-refractivity contribution >= 4 is 29.6 Å². The van der Waals surface area contributed by atoms with Gasteiger partial charge in [-0.15, -0.1) is 6.58 Å². The first-order valence-corrected chi connectivity index (χ1v) is 10.0. The summed E-state index contributed by atoms with van der Waals surface area (Å²) in [5.41, 5.74) is 3.29. The number of methoxy groups -OCH3 is 1. The zero-order chi connectivity index (χ0) is 24.1. The predicted molar refractivity (Wildman–Crippen MR) is 124 cm³/mol. The fourth-order valence-corrected chi connectivity index (χ4v) is 2.50. The van der Waals surface area contributed by atoms with Gasteiger partial charge in [0.2, 0.25) is 0 Å². The van der Waals surface area contributed by atoms with Gasteiger partial charge in [-0.25, -0.2) is 5.43 Å². The molecule has 0 saturated carbocycles. The molecule has 0 fully saturated rings. The van der Waals surface area contributed by atoms with Crippen molar-refractivity contribution in [2.45, 2.75) is 6.92 Å². The molecule has 0 unspecified atom stereocenters. The second kappa shape index (κ2) is 13.2. The van der Waals surface area contributed by atoms with Crippen molar-refractivity contribution in [1.82, 2.24) is 10.7 Å². The van der Waals surface area contributed by atoms with Gasteiger partial charge in [0.1, 0.15) is 5.75 Å². The van der Waals surface area contributed by atoms with Crippen LogP contribution in [0.15, 0.2) is 60.2 Å². The van der Waals surface area contributed by atoms with Gasteiger partial charge < -0.3 is 24.8 Å². The Morgan fingerprint density at radius 1 is 1.06 bits per heavy atom. The number of anilines is 1. The fourth-order valence-electron chi connectivity index (χ4n) is 2.50. The van der Waals surface area contributed by atoms with Crippen LogP contribution < -0.4 is 30.3 Å². The van der Waals surface area contributed by atoms with Crippen molar-refractivity contribution in [3.05, 3.63) is 60.7 Å². The zero-order valence-corrected chi connectivity index (χ0v) is 18.4. The van der Waals surface area contributed by atoms with Gasteiger partial charge >= 0.3 is 11.8 Å². The number of rotatable bonds is 11. The van der Waals surface area contributed by atoms with Crippen LogP contribution in [0.5, 0.6) is 17.2 Å². The van der Waals surface area contributed by atoms with Crippen molar-refractivity contribution in [3.63, 3.8) is 0 Å². The molecule has 0 atom stereocenters. The normalized spacial score (nSPS) is 10.2. The first-order valence-electron chi connectivity index (χ1n) is 10.0. The van der Waals surface area contributed by atoms with E-state index < -0.39 is 11.8 Å². The van der Waals surface area contributed by atoms with Crippen LogP contribution in [0, 0.1) is 0 Å². The van der Waals surface area contributed by atoms with E-state index in [2.05, 4.69) is 27.7 Å². The first-order chi connectivity index (χ1) is 16.0. The Labute approximate surface area is 191 Å². The van der Waals surface area contributed by atoms with Gasteiger partial charge in [-0.1, -0.05) is 12.1 Å². The highest BCUT2D eigenvalue weighted by Crippen LogP contribution is 2.28. The van der Waals surface area contributed by atoms with Gasteiger partial charge in [-0.05, 0) is 42.8 Å². The van der Waals surface area contributed by atoms with Gasteiger partial charge in [0.05, 0.1) is 19.9 Å². The molecular weight excluding hydrogens is 428 g/mol. The highest BCUT2D eigenvalue weighted by Gasteiger charge is 2.12. The molecular formula is C23H26N4O6. The number of benzene rings is 2. The first kappa shape index (κ1) is 24.9. The molecule has 174 valence electrons. The molecule has 3 amide bonds. The van der Waals surface area contributed by atoms with E-state index in [-0.39, 0.29) is 19.1 Å². The molecule has 0 heterocycles. The summed E-state index contributed by atoms with van der Waals surface area (Å²) in [5.74, 6) is -0.696. The summed E-state index contributed by atoms with van der Waals surface area (Å²) in [6.07, 6.45) is 2.80. The molecule has 3 N–H and O–H groups in total. The standard InChI is InChI=1S/C23H26N4O6/c1-4-11-24-22(29)23(30)27-25-14-16-9-10-19(20(12-16)32-5-2)33-15-21(28)26-17-7-6-8-18(13-17)31-3/h4,6-10,12-14H,1,5,11,15H2,2-3H3,(H,24,29)(H,26,28)(H,27,30)/b25-14-. The lowest BCUT2D eigenvalue weighted by atomic mass is 10.2. The van der Waals surface area contributed by atoms with E-state index in [0.717, 1.165) is 0 Å². The van der Waals surface area contributed by atoms with Crippen molar-refractivity contribution < 1.29 is 28.6 Å². The molecule has 0 aliphatic rings. The van der Waals surface area contributed by atoms with Crippen molar-refractivity contribution in [1.29, 1.82) is 0 Å². The summed E-state index contributed by atoms with van der Waals surface area (Å²) >= 11 is 0. The number of carbonyl (C=O) groups excluding carboxylic acids is 3. The molecule has 0 bridgehead atoms. The Bertz CT molecular complexity index is 1020. The molecule has 2 aromatic carbocycles. The molecule has 10 heteroatoms. The maximum atomic E-state index is 12.2. The van der Waals surface area contributed by atoms with Gasteiger partial charge in [0.15, 0.2) is 18.1 Å². The monoisotopic (exact) mass is 454 g/mol. The number of hydrogen-bond donors (Lipinski definition) is 3. The van der Waals surface area contributed by atoms with Crippen LogP contribution in [0.3, 0.4) is 0 Å². The topological polar surface area (TPSA) is 127 Å². The number of nitrogens with one attached hydrogen (secondary N) is 3. The Kier molecular flexibility index (Phi) is 9.94. The van der Waals surface area contributed by atoms with Crippen LogP contribution in [-0.2, 0) is 14.4 Å². The summed E-state index contributed by atoms with van der Waals surface area (Å²) in [5, 5.41) is 8.82. The minimum absolute atomic E-state index is 0.173. The molecule has 0 aromatic heterocycles. The summed E-state index contributed by atoms with van der Waals surface area (Å²) in [4.78, 5) is 35.3. The third-order valence-corrected chi connectivity index (χ3v) is 3.97. The minimum Gasteiger partial charge on any atom is -0.497 e. The lowest BCUT2D eigenvalue weighted by Crippen LogP contribution is -2.37. The van der Waals surface area contributed by atoms with E-state index in [1.54, 1.807) is 49.6 Å². The molecule has 10 nitrogen and oxygen atoms in total.